The summed E-state index contributed by atoms with van der Waals surface area (Å²) in [6.45, 7) is 4.89. The summed E-state index contributed by atoms with van der Waals surface area (Å²) in [6, 6.07) is 16.4. The molecule has 0 aliphatic carbocycles. The van der Waals surface area contributed by atoms with E-state index in [-0.39, 0.29) is 0 Å². The van der Waals surface area contributed by atoms with E-state index < -0.39 is 0 Å². The number of ether oxygens (including phenoxy) is 1. The van der Waals surface area contributed by atoms with E-state index in [2.05, 4.69) is 48.1 Å². The Morgan fingerprint density at radius 1 is 0.778 bits per heavy atom. The van der Waals surface area contributed by atoms with Gasteiger partial charge in [-0.05, 0) is 55.2 Å². The van der Waals surface area contributed by atoms with Gasteiger partial charge < -0.3 is 4.74 Å². The zero-order chi connectivity index (χ0) is 18.9. The first kappa shape index (κ1) is 19.1. The second kappa shape index (κ2) is 9.86. The van der Waals surface area contributed by atoms with E-state index in [4.69, 9.17) is 4.74 Å². The molecule has 0 bridgehead atoms. The molecule has 0 saturated carbocycles. The Bertz CT molecular complexity index is 809. The van der Waals surface area contributed by atoms with Crippen LogP contribution in [0.25, 0.3) is 11.4 Å². The van der Waals surface area contributed by atoms with Crippen LogP contribution >= 0.6 is 0 Å². The Labute approximate surface area is 162 Å². The monoisotopic (exact) mass is 360 g/mol. The van der Waals surface area contributed by atoms with Crippen molar-refractivity contribution in [2.45, 2.75) is 52.6 Å². The molecule has 0 unspecified atom stereocenters. The van der Waals surface area contributed by atoms with Gasteiger partial charge in [0.15, 0.2) is 5.82 Å². The van der Waals surface area contributed by atoms with Gasteiger partial charge in [-0.25, -0.2) is 9.97 Å². The molecule has 0 radical (unpaired) electrons. The summed E-state index contributed by atoms with van der Waals surface area (Å²) in [4.78, 5) is 9.05. The summed E-state index contributed by atoms with van der Waals surface area (Å²) in [6.07, 6.45) is 10.0. The van der Waals surface area contributed by atoms with Crippen LogP contribution in [0.3, 0.4) is 0 Å². The predicted octanol–water partition coefficient (Wildman–Crippen LogP) is 6.15. The Hall–Kier alpha value is -2.68. The molecule has 0 fully saturated rings. The lowest BCUT2D eigenvalue weighted by Gasteiger charge is -2.08. The minimum atomic E-state index is 0.572. The second-order valence-corrected chi connectivity index (χ2v) is 7.02. The fraction of sp³-hybridized carbons (Fsp3) is 0.333. The molecule has 3 heteroatoms. The fourth-order valence-corrected chi connectivity index (χ4v) is 2.94. The first-order valence-electron chi connectivity index (χ1n) is 9.84. The highest BCUT2D eigenvalue weighted by molar-refractivity contribution is 5.55. The van der Waals surface area contributed by atoms with Crippen molar-refractivity contribution in [1.82, 2.24) is 9.97 Å². The molecule has 1 aromatic heterocycles. The highest BCUT2D eigenvalue weighted by Crippen LogP contribution is 2.20. The normalized spacial score (nSPS) is 10.7. The molecule has 3 rings (SSSR count). The van der Waals surface area contributed by atoms with E-state index in [0.717, 1.165) is 23.6 Å². The van der Waals surface area contributed by atoms with Gasteiger partial charge in [0.25, 0.3) is 0 Å². The van der Waals surface area contributed by atoms with Crippen molar-refractivity contribution in [3.8, 4) is 17.1 Å². The predicted molar refractivity (Wildman–Crippen MR) is 111 cm³/mol. The largest absolute Gasteiger partial charge is 0.489 e. The summed E-state index contributed by atoms with van der Waals surface area (Å²) < 4.78 is 5.87. The minimum absolute atomic E-state index is 0.572. The lowest BCUT2D eigenvalue weighted by atomic mass is 10.1. The maximum atomic E-state index is 5.87. The number of aryl methyl sites for hydroxylation is 2. The Morgan fingerprint density at radius 3 is 2.15 bits per heavy atom. The third-order valence-corrected chi connectivity index (χ3v) is 4.66. The Morgan fingerprint density at radius 2 is 1.48 bits per heavy atom. The lowest BCUT2D eigenvalue weighted by molar-refractivity contribution is 0.306. The van der Waals surface area contributed by atoms with Crippen molar-refractivity contribution in [2.75, 3.05) is 0 Å². The Kier molecular flexibility index (Phi) is 6.97. The Balaban J connectivity index is 1.54. The van der Waals surface area contributed by atoms with Gasteiger partial charge in [-0.1, -0.05) is 56.0 Å². The summed E-state index contributed by atoms with van der Waals surface area (Å²) >= 11 is 0. The van der Waals surface area contributed by atoms with Crippen molar-refractivity contribution < 1.29 is 4.74 Å². The molecule has 3 aromatic rings. The molecule has 140 valence electrons. The first-order chi connectivity index (χ1) is 13.2. The van der Waals surface area contributed by atoms with Gasteiger partial charge in [0, 0.05) is 18.0 Å². The van der Waals surface area contributed by atoms with E-state index in [1.54, 1.807) is 0 Å². The van der Waals surface area contributed by atoms with Crippen molar-refractivity contribution in [2.24, 2.45) is 0 Å². The first-order valence-corrected chi connectivity index (χ1v) is 9.84. The highest BCUT2D eigenvalue weighted by atomic mass is 16.5. The zero-order valence-corrected chi connectivity index (χ0v) is 16.3. The molecule has 0 amide bonds. The molecule has 2 aromatic carbocycles. The van der Waals surface area contributed by atoms with Crippen molar-refractivity contribution >= 4 is 0 Å². The van der Waals surface area contributed by atoms with Gasteiger partial charge in [-0.2, -0.15) is 0 Å². The van der Waals surface area contributed by atoms with Crippen molar-refractivity contribution in [3.63, 3.8) is 0 Å². The van der Waals surface area contributed by atoms with E-state index in [9.17, 15) is 0 Å². The van der Waals surface area contributed by atoms with Crippen molar-refractivity contribution in [3.05, 3.63) is 77.6 Å². The number of nitrogens with zero attached hydrogens (tertiary/aromatic N) is 2. The molecule has 0 aliphatic heterocycles. The van der Waals surface area contributed by atoms with Crippen LogP contribution in [0, 0.1) is 6.92 Å². The van der Waals surface area contributed by atoms with E-state index in [1.165, 1.54) is 42.4 Å². The number of hydrogen-bond donors (Lipinski definition) is 0. The molecule has 0 saturated heterocycles. The molecular formula is C24H28N2O. The topological polar surface area (TPSA) is 35.0 Å². The molecule has 27 heavy (non-hydrogen) atoms. The average Bonchev–Trinajstić information content (AvgIpc) is 2.72. The number of hydrogen-bond acceptors (Lipinski definition) is 3. The SMILES string of the molecule is CCCCCCc1cnc(-c2ccc(OCc3ccc(C)cc3)cc2)nc1. The molecule has 0 atom stereocenters. The van der Waals surface area contributed by atoms with Crippen LogP contribution in [0.4, 0.5) is 0 Å². The summed E-state index contributed by atoms with van der Waals surface area (Å²) in [5.41, 5.74) is 4.65. The van der Waals surface area contributed by atoms with Crippen LogP contribution in [0.2, 0.25) is 0 Å². The average molecular weight is 361 g/mol. The molecule has 0 aliphatic rings. The van der Waals surface area contributed by atoms with Gasteiger partial charge in [0.05, 0.1) is 0 Å². The summed E-state index contributed by atoms with van der Waals surface area (Å²) in [5.74, 6) is 1.62. The van der Waals surface area contributed by atoms with Crippen LogP contribution in [0.1, 0.15) is 49.3 Å². The quantitative estimate of drug-likeness (QED) is 0.429. The highest BCUT2D eigenvalue weighted by Gasteiger charge is 2.03. The molecule has 1 heterocycles. The van der Waals surface area contributed by atoms with Gasteiger partial charge in [0.1, 0.15) is 12.4 Å². The molecule has 3 nitrogen and oxygen atoms in total. The molecule has 0 N–H and O–H groups in total. The summed E-state index contributed by atoms with van der Waals surface area (Å²) in [7, 11) is 0. The zero-order valence-electron chi connectivity index (χ0n) is 16.3. The summed E-state index contributed by atoms with van der Waals surface area (Å²) in [5, 5.41) is 0. The third kappa shape index (κ3) is 5.92. The van der Waals surface area contributed by atoms with E-state index in [1.807, 2.05) is 36.7 Å². The number of benzene rings is 2. The van der Waals surface area contributed by atoms with Crippen LogP contribution in [-0.4, -0.2) is 9.97 Å². The standard InChI is InChI=1S/C24H28N2O/c1-3-4-5-6-7-21-16-25-24(26-17-21)22-12-14-23(15-13-22)27-18-20-10-8-19(2)9-11-20/h8-17H,3-7,18H2,1-2H3. The van der Waals surface area contributed by atoms with Gasteiger partial charge in [-0.3, -0.25) is 0 Å². The lowest BCUT2D eigenvalue weighted by Crippen LogP contribution is -1.96. The van der Waals surface area contributed by atoms with Crippen LogP contribution in [-0.2, 0) is 13.0 Å². The van der Waals surface area contributed by atoms with Gasteiger partial charge in [-0.15, -0.1) is 0 Å². The van der Waals surface area contributed by atoms with Crippen LogP contribution < -0.4 is 4.74 Å². The van der Waals surface area contributed by atoms with E-state index >= 15 is 0 Å². The smallest absolute Gasteiger partial charge is 0.159 e. The fourth-order valence-electron chi connectivity index (χ4n) is 2.94. The van der Waals surface area contributed by atoms with E-state index in [0.29, 0.717) is 6.61 Å². The third-order valence-electron chi connectivity index (χ3n) is 4.66. The minimum Gasteiger partial charge on any atom is -0.489 e. The second-order valence-electron chi connectivity index (χ2n) is 7.02. The number of rotatable bonds is 9. The molecular weight excluding hydrogens is 332 g/mol. The van der Waals surface area contributed by atoms with Crippen molar-refractivity contribution in [1.29, 1.82) is 0 Å². The maximum absolute atomic E-state index is 5.87. The number of aromatic nitrogens is 2. The van der Waals surface area contributed by atoms with Gasteiger partial charge in [0.2, 0.25) is 0 Å². The number of unbranched alkanes of at least 4 members (excludes halogenated alkanes) is 3. The maximum Gasteiger partial charge on any atom is 0.159 e. The van der Waals surface area contributed by atoms with Crippen LogP contribution in [0.5, 0.6) is 5.75 Å². The van der Waals surface area contributed by atoms with Crippen LogP contribution in [0.15, 0.2) is 60.9 Å². The molecule has 0 spiro atoms. The van der Waals surface area contributed by atoms with Gasteiger partial charge >= 0.3 is 0 Å².